The van der Waals surface area contributed by atoms with Crippen LogP contribution in [0.2, 0.25) is 5.02 Å². The predicted octanol–water partition coefficient (Wildman–Crippen LogP) is 5.97. The van der Waals surface area contributed by atoms with Crippen molar-refractivity contribution in [2.24, 2.45) is 0 Å². The highest BCUT2D eigenvalue weighted by molar-refractivity contribution is 7.25. The average Bonchev–Trinajstić information content (AvgIpc) is 3.64. The standard InChI is InChI=1S/C26H20ClN3O3S/c1-33-16-6-7-17(19(11-16)15-4-5-15)24-29-25-21(18-8-9-20(27)22(31)23(18)34-25)26(32)30(24)13-14-3-2-10-28-12-14/h2-3,6-12,15,31H,4-5,13H2,1H3. The maximum absolute atomic E-state index is 14.0. The van der Waals surface area contributed by atoms with Gasteiger partial charge in [-0.2, -0.15) is 0 Å². The maximum Gasteiger partial charge on any atom is 0.263 e. The van der Waals surface area contributed by atoms with Gasteiger partial charge in [0.1, 0.15) is 16.4 Å². The Morgan fingerprint density at radius 1 is 1.24 bits per heavy atom. The number of ether oxygens (including phenoxy) is 1. The Morgan fingerprint density at radius 3 is 2.82 bits per heavy atom. The van der Waals surface area contributed by atoms with Crippen LogP contribution in [0, 0.1) is 0 Å². The summed E-state index contributed by atoms with van der Waals surface area (Å²) in [6.45, 7) is 0.331. The van der Waals surface area contributed by atoms with Crippen LogP contribution in [0.15, 0.2) is 59.7 Å². The second-order valence-electron chi connectivity index (χ2n) is 8.47. The molecule has 0 aliphatic heterocycles. The Bertz CT molecular complexity index is 1620. The van der Waals surface area contributed by atoms with E-state index >= 15 is 0 Å². The van der Waals surface area contributed by atoms with Gasteiger partial charge in [-0.1, -0.05) is 23.7 Å². The van der Waals surface area contributed by atoms with Crippen LogP contribution in [0.1, 0.15) is 29.9 Å². The monoisotopic (exact) mass is 489 g/mol. The summed E-state index contributed by atoms with van der Waals surface area (Å²) >= 11 is 7.43. The number of aromatic nitrogens is 3. The molecule has 5 aromatic rings. The molecular weight excluding hydrogens is 470 g/mol. The number of halogens is 1. The van der Waals surface area contributed by atoms with Crippen molar-refractivity contribution in [2.75, 3.05) is 7.11 Å². The molecule has 0 spiro atoms. The van der Waals surface area contributed by atoms with Crippen LogP contribution < -0.4 is 10.3 Å². The quantitative estimate of drug-likeness (QED) is 0.329. The summed E-state index contributed by atoms with van der Waals surface area (Å²) in [5, 5.41) is 11.9. The van der Waals surface area contributed by atoms with E-state index in [1.807, 2.05) is 30.3 Å². The number of methoxy groups -OCH3 is 1. The smallest absolute Gasteiger partial charge is 0.263 e. The molecular formula is C26H20ClN3O3S. The van der Waals surface area contributed by atoms with Gasteiger partial charge in [-0.05, 0) is 60.2 Å². The van der Waals surface area contributed by atoms with E-state index in [0.29, 0.717) is 38.6 Å². The van der Waals surface area contributed by atoms with Crippen molar-refractivity contribution >= 4 is 43.2 Å². The van der Waals surface area contributed by atoms with Crippen LogP contribution in [-0.4, -0.2) is 26.8 Å². The molecule has 2 aromatic carbocycles. The van der Waals surface area contributed by atoms with E-state index in [9.17, 15) is 9.90 Å². The second kappa shape index (κ2) is 8.11. The predicted molar refractivity (Wildman–Crippen MR) is 135 cm³/mol. The summed E-state index contributed by atoms with van der Waals surface area (Å²) in [7, 11) is 1.66. The van der Waals surface area contributed by atoms with Crippen molar-refractivity contribution < 1.29 is 9.84 Å². The van der Waals surface area contributed by atoms with Crippen molar-refractivity contribution in [3.8, 4) is 22.9 Å². The minimum Gasteiger partial charge on any atom is -0.505 e. The molecule has 1 fully saturated rings. The molecule has 1 N–H and O–H groups in total. The zero-order valence-corrected chi connectivity index (χ0v) is 19.9. The molecule has 3 heterocycles. The minimum atomic E-state index is -0.158. The third-order valence-corrected chi connectivity index (χ3v) is 7.68. The molecule has 170 valence electrons. The highest BCUT2D eigenvalue weighted by Crippen LogP contribution is 2.46. The van der Waals surface area contributed by atoms with Gasteiger partial charge in [0.2, 0.25) is 0 Å². The third kappa shape index (κ3) is 3.43. The summed E-state index contributed by atoms with van der Waals surface area (Å²) < 4.78 is 7.75. The van der Waals surface area contributed by atoms with Crippen LogP contribution >= 0.6 is 22.9 Å². The van der Waals surface area contributed by atoms with Crippen LogP contribution in [0.5, 0.6) is 11.5 Å². The molecule has 34 heavy (non-hydrogen) atoms. The van der Waals surface area contributed by atoms with E-state index in [-0.39, 0.29) is 16.3 Å². The van der Waals surface area contributed by atoms with Crippen LogP contribution in [0.4, 0.5) is 0 Å². The molecule has 6 nitrogen and oxygen atoms in total. The fraction of sp³-hybridized carbons (Fsp3) is 0.192. The minimum absolute atomic E-state index is 0.0231. The first kappa shape index (κ1) is 21.1. The molecule has 0 radical (unpaired) electrons. The van der Waals surface area contributed by atoms with Gasteiger partial charge in [0.25, 0.3) is 5.56 Å². The van der Waals surface area contributed by atoms with E-state index in [2.05, 4.69) is 4.98 Å². The third-order valence-electron chi connectivity index (χ3n) is 6.27. The molecule has 6 rings (SSSR count). The van der Waals surface area contributed by atoms with Gasteiger partial charge in [-0.15, -0.1) is 11.3 Å². The largest absolute Gasteiger partial charge is 0.505 e. The molecule has 1 aliphatic carbocycles. The zero-order chi connectivity index (χ0) is 23.4. The lowest BCUT2D eigenvalue weighted by atomic mass is 10.0. The lowest BCUT2D eigenvalue weighted by molar-refractivity contribution is 0.414. The van der Waals surface area contributed by atoms with E-state index < -0.39 is 0 Å². The summed E-state index contributed by atoms with van der Waals surface area (Å²) in [4.78, 5) is 23.8. The molecule has 1 aliphatic rings. The highest BCUT2D eigenvalue weighted by atomic mass is 35.5. The molecule has 8 heteroatoms. The number of rotatable bonds is 5. The Balaban J connectivity index is 1.68. The molecule has 0 atom stereocenters. The number of thiophene rings is 1. The number of nitrogens with zero attached hydrogens (tertiary/aromatic N) is 3. The normalized spacial score (nSPS) is 13.6. The van der Waals surface area contributed by atoms with Gasteiger partial charge in [0, 0.05) is 23.3 Å². The second-order valence-corrected chi connectivity index (χ2v) is 9.88. The van der Waals surface area contributed by atoms with E-state index in [0.717, 1.165) is 35.3 Å². The first-order chi connectivity index (χ1) is 16.5. The fourth-order valence-corrected chi connectivity index (χ4v) is 5.74. The van der Waals surface area contributed by atoms with Crippen molar-refractivity contribution in [2.45, 2.75) is 25.3 Å². The summed E-state index contributed by atoms with van der Waals surface area (Å²) in [5.41, 5.74) is 2.80. The van der Waals surface area contributed by atoms with Crippen LogP contribution in [0.25, 0.3) is 31.7 Å². The number of fused-ring (bicyclic) bond motifs is 3. The molecule has 0 unspecified atom stereocenters. The van der Waals surface area contributed by atoms with Gasteiger partial charge < -0.3 is 9.84 Å². The molecule has 0 bridgehead atoms. The first-order valence-corrected chi connectivity index (χ1v) is 12.2. The topological polar surface area (TPSA) is 77.2 Å². The molecule has 0 amide bonds. The number of hydrogen-bond donors (Lipinski definition) is 1. The van der Waals surface area contributed by atoms with E-state index in [1.54, 1.807) is 36.2 Å². The molecule has 3 aromatic heterocycles. The van der Waals surface area contributed by atoms with Gasteiger partial charge in [-0.25, -0.2) is 4.98 Å². The SMILES string of the molecule is COc1ccc(-c2nc3sc4c(O)c(Cl)ccc4c3c(=O)n2Cc2cccnc2)c(C2CC2)c1. The maximum atomic E-state index is 14.0. The first-order valence-electron chi connectivity index (χ1n) is 11.0. The summed E-state index contributed by atoms with van der Waals surface area (Å²) in [5.74, 6) is 1.79. The Morgan fingerprint density at radius 2 is 2.09 bits per heavy atom. The van der Waals surface area contributed by atoms with Crippen LogP contribution in [-0.2, 0) is 6.54 Å². The number of hydrogen-bond acceptors (Lipinski definition) is 6. The molecule has 0 saturated heterocycles. The van der Waals surface area contributed by atoms with Crippen LogP contribution in [0.3, 0.4) is 0 Å². The van der Waals surface area contributed by atoms with Gasteiger partial charge in [0.05, 0.1) is 28.8 Å². The zero-order valence-electron chi connectivity index (χ0n) is 18.3. The number of phenolic OH excluding ortho intramolecular Hbond substituents is 1. The Labute approximate surface area is 204 Å². The van der Waals surface area contributed by atoms with E-state index in [1.165, 1.54) is 11.3 Å². The van der Waals surface area contributed by atoms with Crippen molar-refractivity contribution in [1.29, 1.82) is 0 Å². The lowest BCUT2D eigenvalue weighted by Gasteiger charge is -2.16. The Hall–Kier alpha value is -3.42. The van der Waals surface area contributed by atoms with Crippen molar-refractivity contribution in [3.63, 3.8) is 0 Å². The van der Waals surface area contributed by atoms with Gasteiger partial charge in [-0.3, -0.25) is 14.3 Å². The van der Waals surface area contributed by atoms with Gasteiger partial charge >= 0.3 is 0 Å². The van der Waals surface area contributed by atoms with E-state index in [4.69, 9.17) is 21.3 Å². The summed E-state index contributed by atoms with van der Waals surface area (Å²) in [6, 6.07) is 13.1. The van der Waals surface area contributed by atoms with Crippen molar-refractivity contribution in [3.05, 3.63) is 81.4 Å². The Kier molecular flexibility index (Phi) is 5.04. The number of aromatic hydroxyl groups is 1. The fourth-order valence-electron chi connectivity index (χ4n) is 4.41. The highest BCUT2D eigenvalue weighted by Gasteiger charge is 2.29. The number of benzene rings is 2. The average molecular weight is 490 g/mol. The number of pyridine rings is 1. The summed E-state index contributed by atoms with van der Waals surface area (Å²) in [6.07, 6.45) is 5.67. The van der Waals surface area contributed by atoms with Crippen molar-refractivity contribution in [1.82, 2.24) is 14.5 Å². The molecule has 1 saturated carbocycles. The van der Waals surface area contributed by atoms with Gasteiger partial charge in [0.15, 0.2) is 5.75 Å². The lowest BCUT2D eigenvalue weighted by Crippen LogP contribution is -2.24. The number of phenols is 1.